The first-order valence-electron chi connectivity index (χ1n) is 10.9. The zero-order chi connectivity index (χ0) is 19.1. The van der Waals surface area contributed by atoms with E-state index in [1.807, 2.05) is 13.8 Å². The smallest absolute Gasteiger partial charge is 0.306 e. The molecule has 0 radical (unpaired) electrons. The Labute approximate surface area is 153 Å². The second-order valence-corrected chi connectivity index (χ2v) is 6.44. The molecule has 0 aliphatic rings. The van der Waals surface area contributed by atoms with Gasteiger partial charge in [0.15, 0.2) is 0 Å². The Morgan fingerprint density at radius 3 is 1.21 bits per heavy atom. The number of aliphatic carboxylic acids is 1. The molecular weight excluding hydrogens is 296 g/mol. The van der Waals surface area contributed by atoms with Crippen molar-refractivity contribution in [3.63, 3.8) is 0 Å². The highest BCUT2D eigenvalue weighted by Crippen LogP contribution is 2.19. The quantitative estimate of drug-likeness (QED) is 0.322. The van der Waals surface area contributed by atoms with Crippen molar-refractivity contribution in [1.29, 1.82) is 0 Å². The summed E-state index contributed by atoms with van der Waals surface area (Å²) in [5.41, 5.74) is 0. The van der Waals surface area contributed by atoms with Gasteiger partial charge < -0.3 is 5.11 Å². The van der Waals surface area contributed by atoms with E-state index in [4.69, 9.17) is 0 Å². The molecular formula is C22H48O2. The van der Waals surface area contributed by atoms with Crippen LogP contribution in [0.15, 0.2) is 0 Å². The van der Waals surface area contributed by atoms with Crippen LogP contribution in [0.4, 0.5) is 0 Å². The fraction of sp³-hybridized carbons (Fsp3) is 0.955. The largest absolute Gasteiger partial charge is 0.481 e. The Morgan fingerprint density at radius 1 is 0.625 bits per heavy atom. The number of unbranched alkanes of at least 4 members (excludes halogenated alkanes) is 9. The Bertz CT molecular complexity index is 198. The number of carboxylic acid groups (broad SMARTS) is 1. The van der Waals surface area contributed by atoms with Gasteiger partial charge in [-0.25, -0.2) is 0 Å². The van der Waals surface area contributed by atoms with Crippen LogP contribution in [0.3, 0.4) is 0 Å². The molecule has 0 aromatic rings. The van der Waals surface area contributed by atoms with Gasteiger partial charge in [0.2, 0.25) is 0 Å². The third kappa shape index (κ3) is 26.4. The number of hydrogen-bond acceptors (Lipinski definition) is 1. The molecule has 1 N–H and O–H groups in total. The first kappa shape index (κ1) is 28.3. The highest BCUT2D eigenvalue weighted by molar-refractivity contribution is 5.69. The summed E-state index contributed by atoms with van der Waals surface area (Å²) in [6.07, 6.45) is 16.6. The van der Waals surface area contributed by atoms with Gasteiger partial charge in [-0.2, -0.15) is 0 Å². The van der Waals surface area contributed by atoms with Crippen molar-refractivity contribution in [3.8, 4) is 0 Å². The van der Waals surface area contributed by atoms with E-state index in [-0.39, 0.29) is 5.92 Å². The fourth-order valence-electron chi connectivity index (χ4n) is 2.38. The molecule has 0 bridgehead atoms. The molecule has 0 saturated heterocycles. The summed E-state index contributed by atoms with van der Waals surface area (Å²) in [5.74, 6) is -0.672. The summed E-state index contributed by atoms with van der Waals surface area (Å²) in [7, 11) is 0. The summed E-state index contributed by atoms with van der Waals surface area (Å²) >= 11 is 0. The van der Waals surface area contributed by atoms with Gasteiger partial charge in [0.1, 0.15) is 0 Å². The minimum absolute atomic E-state index is 0.0896. The van der Waals surface area contributed by atoms with Gasteiger partial charge in [0.25, 0.3) is 0 Å². The molecule has 0 heterocycles. The number of carboxylic acids is 1. The molecule has 0 fully saturated rings. The maximum absolute atomic E-state index is 11.1. The molecule has 0 aromatic carbocycles. The van der Waals surface area contributed by atoms with E-state index in [2.05, 4.69) is 27.7 Å². The lowest BCUT2D eigenvalue weighted by atomic mass is 9.94. The summed E-state index contributed by atoms with van der Waals surface area (Å²) in [6.45, 7) is 12.8. The van der Waals surface area contributed by atoms with E-state index >= 15 is 0 Å². The third-order valence-electron chi connectivity index (χ3n) is 4.16. The van der Waals surface area contributed by atoms with E-state index < -0.39 is 5.97 Å². The maximum Gasteiger partial charge on any atom is 0.306 e. The molecule has 0 atom stereocenters. The van der Waals surface area contributed by atoms with Crippen molar-refractivity contribution in [2.75, 3.05) is 0 Å². The highest BCUT2D eigenvalue weighted by atomic mass is 16.4. The molecule has 0 saturated carbocycles. The highest BCUT2D eigenvalue weighted by Gasteiger charge is 2.15. The van der Waals surface area contributed by atoms with Crippen molar-refractivity contribution in [3.05, 3.63) is 0 Å². The SMILES string of the molecule is CC.CCCC.CCCCCCCC(CCCCCCC)C(=O)O. The van der Waals surface area contributed by atoms with Crippen LogP contribution >= 0.6 is 0 Å². The van der Waals surface area contributed by atoms with E-state index in [0.717, 1.165) is 25.7 Å². The van der Waals surface area contributed by atoms with Crippen LogP contribution in [-0.4, -0.2) is 11.1 Å². The molecule has 2 nitrogen and oxygen atoms in total. The third-order valence-corrected chi connectivity index (χ3v) is 4.16. The van der Waals surface area contributed by atoms with Gasteiger partial charge in [0, 0.05) is 0 Å². The summed E-state index contributed by atoms with van der Waals surface area (Å²) < 4.78 is 0. The molecule has 0 aliphatic heterocycles. The van der Waals surface area contributed by atoms with E-state index in [1.165, 1.54) is 64.2 Å². The average Bonchev–Trinajstić information content (AvgIpc) is 2.61. The minimum Gasteiger partial charge on any atom is -0.481 e. The van der Waals surface area contributed by atoms with Gasteiger partial charge >= 0.3 is 5.97 Å². The predicted octanol–water partition coefficient (Wildman–Crippen LogP) is 8.24. The number of carbonyl (C=O) groups is 1. The van der Waals surface area contributed by atoms with Gasteiger partial charge in [-0.05, 0) is 12.8 Å². The first-order chi connectivity index (χ1) is 11.6. The molecule has 148 valence electrons. The zero-order valence-electron chi connectivity index (χ0n) is 17.8. The van der Waals surface area contributed by atoms with Crippen molar-refractivity contribution in [1.82, 2.24) is 0 Å². The number of rotatable bonds is 14. The second-order valence-electron chi connectivity index (χ2n) is 6.44. The summed E-state index contributed by atoms with van der Waals surface area (Å²) in [4.78, 5) is 11.1. The molecule has 0 unspecified atom stereocenters. The monoisotopic (exact) mass is 344 g/mol. The van der Waals surface area contributed by atoms with Crippen molar-refractivity contribution in [2.45, 2.75) is 131 Å². The van der Waals surface area contributed by atoms with Crippen LogP contribution in [0.2, 0.25) is 0 Å². The molecule has 24 heavy (non-hydrogen) atoms. The van der Waals surface area contributed by atoms with Gasteiger partial charge in [-0.1, -0.05) is 119 Å². The van der Waals surface area contributed by atoms with Crippen molar-refractivity contribution >= 4 is 5.97 Å². The van der Waals surface area contributed by atoms with E-state index in [9.17, 15) is 9.90 Å². The molecule has 0 aliphatic carbocycles. The van der Waals surface area contributed by atoms with Crippen LogP contribution in [0.5, 0.6) is 0 Å². The lowest BCUT2D eigenvalue weighted by molar-refractivity contribution is -0.142. The number of hydrogen-bond donors (Lipinski definition) is 1. The van der Waals surface area contributed by atoms with Crippen LogP contribution < -0.4 is 0 Å². The maximum atomic E-state index is 11.1. The second kappa shape index (κ2) is 27.3. The Morgan fingerprint density at radius 2 is 0.958 bits per heavy atom. The Hall–Kier alpha value is -0.530. The lowest BCUT2D eigenvalue weighted by Crippen LogP contribution is -2.13. The van der Waals surface area contributed by atoms with Gasteiger partial charge in [-0.15, -0.1) is 0 Å². The van der Waals surface area contributed by atoms with Crippen molar-refractivity contribution in [2.24, 2.45) is 5.92 Å². The Kier molecular flexibility index (Phi) is 32.2. The standard InChI is InChI=1S/C16H32O2.C4H10.C2H6/c1-3-5-7-9-11-13-15(16(17)18)14-12-10-8-6-4-2;1-3-4-2;1-2/h15H,3-14H2,1-2H3,(H,17,18);3-4H2,1-2H3;1-2H3. The summed E-state index contributed by atoms with van der Waals surface area (Å²) in [5, 5.41) is 9.18. The van der Waals surface area contributed by atoms with Gasteiger partial charge in [0.05, 0.1) is 5.92 Å². The zero-order valence-corrected chi connectivity index (χ0v) is 17.8. The fourth-order valence-corrected chi connectivity index (χ4v) is 2.38. The molecule has 0 amide bonds. The molecule has 0 aromatic heterocycles. The molecule has 0 spiro atoms. The Balaban J connectivity index is -0.000000636. The van der Waals surface area contributed by atoms with Crippen LogP contribution in [-0.2, 0) is 4.79 Å². The van der Waals surface area contributed by atoms with Crippen LogP contribution in [0, 0.1) is 5.92 Å². The van der Waals surface area contributed by atoms with Crippen molar-refractivity contribution < 1.29 is 9.90 Å². The van der Waals surface area contributed by atoms with E-state index in [1.54, 1.807) is 0 Å². The predicted molar refractivity (Wildman–Crippen MR) is 110 cm³/mol. The van der Waals surface area contributed by atoms with E-state index in [0.29, 0.717) is 0 Å². The topological polar surface area (TPSA) is 37.3 Å². The summed E-state index contributed by atoms with van der Waals surface area (Å²) in [6, 6.07) is 0. The average molecular weight is 345 g/mol. The molecule has 2 heteroatoms. The van der Waals surface area contributed by atoms with Gasteiger partial charge in [-0.3, -0.25) is 4.79 Å². The van der Waals surface area contributed by atoms with Crippen LogP contribution in [0.1, 0.15) is 131 Å². The lowest BCUT2D eigenvalue weighted by Gasteiger charge is -2.11. The minimum atomic E-state index is -0.582. The molecule has 0 rings (SSSR count). The normalized spacial score (nSPS) is 9.79. The van der Waals surface area contributed by atoms with Crippen LogP contribution in [0.25, 0.3) is 0 Å². The first-order valence-corrected chi connectivity index (χ1v) is 10.9.